The molecule has 0 unspecified atom stereocenters. The van der Waals surface area contributed by atoms with Crippen LogP contribution in [0.4, 0.5) is 5.82 Å². The Morgan fingerprint density at radius 1 is 1.00 bits per heavy atom. The van der Waals surface area contributed by atoms with Crippen molar-refractivity contribution in [3.05, 3.63) is 11.5 Å². The van der Waals surface area contributed by atoms with Gasteiger partial charge >= 0.3 is 0 Å². The average molecular weight is 276 g/mol. The van der Waals surface area contributed by atoms with E-state index >= 15 is 0 Å². The predicted octanol–water partition coefficient (Wildman–Crippen LogP) is 3.38. The normalized spacial score (nSPS) is 27.8. The fourth-order valence-corrected chi connectivity index (χ4v) is 3.64. The van der Waals surface area contributed by atoms with E-state index in [1.165, 1.54) is 38.5 Å². The van der Waals surface area contributed by atoms with Crippen molar-refractivity contribution in [3.8, 4) is 0 Å². The first-order valence-corrected chi connectivity index (χ1v) is 8.01. The first-order valence-electron chi connectivity index (χ1n) is 8.01. The zero-order chi connectivity index (χ0) is 14.5. The topological polar surface area (TPSA) is 69.9 Å². The molecular weight excluding hydrogens is 248 g/mol. The lowest BCUT2D eigenvalue weighted by atomic mass is 9.69. The van der Waals surface area contributed by atoms with Crippen LogP contribution in [0.2, 0.25) is 0 Å². The van der Waals surface area contributed by atoms with Gasteiger partial charge in [-0.25, -0.2) is 9.66 Å². The van der Waals surface area contributed by atoms with Crippen molar-refractivity contribution in [2.75, 3.05) is 11.6 Å². The molecule has 0 spiro atoms. The highest BCUT2D eigenvalue weighted by Crippen LogP contribution is 2.45. The molecule has 4 nitrogen and oxygen atoms in total. The summed E-state index contributed by atoms with van der Waals surface area (Å²) in [6.07, 6.45) is 7.39. The number of rotatable bonds is 2. The Morgan fingerprint density at radius 3 is 2.05 bits per heavy atom. The summed E-state index contributed by atoms with van der Waals surface area (Å²) in [6, 6.07) is 0. The van der Waals surface area contributed by atoms with Crippen LogP contribution >= 0.6 is 0 Å². The van der Waals surface area contributed by atoms with Crippen LogP contribution in [-0.4, -0.2) is 9.66 Å². The Morgan fingerprint density at radius 2 is 1.55 bits per heavy atom. The minimum Gasteiger partial charge on any atom is -0.382 e. The first-order chi connectivity index (χ1) is 9.38. The molecule has 4 N–H and O–H groups in total. The van der Waals surface area contributed by atoms with E-state index in [9.17, 15) is 0 Å². The number of hydrogen-bond acceptors (Lipinski definition) is 3. The highest BCUT2D eigenvalue weighted by Gasteiger charge is 2.35. The smallest absolute Gasteiger partial charge is 0.146 e. The lowest BCUT2D eigenvalue weighted by Gasteiger charge is -2.36. The zero-order valence-corrected chi connectivity index (χ0v) is 13.0. The Balaban J connectivity index is 1.73. The summed E-state index contributed by atoms with van der Waals surface area (Å²) < 4.78 is 1.64. The second-order valence-corrected chi connectivity index (χ2v) is 7.80. The molecule has 20 heavy (non-hydrogen) atoms. The van der Waals surface area contributed by atoms with E-state index in [4.69, 9.17) is 16.6 Å². The Kier molecular flexibility index (Phi) is 3.22. The minimum absolute atomic E-state index is 0.420. The highest BCUT2D eigenvalue weighted by atomic mass is 15.4. The van der Waals surface area contributed by atoms with E-state index in [0.29, 0.717) is 23.1 Å². The van der Waals surface area contributed by atoms with E-state index in [-0.39, 0.29) is 0 Å². The van der Waals surface area contributed by atoms with Crippen molar-refractivity contribution >= 4 is 5.82 Å². The molecule has 1 aromatic rings. The minimum atomic E-state index is 0.420. The predicted molar refractivity (Wildman–Crippen MR) is 82.9 cm³/mol. The molecule has 3 rings (SSSR count). The van der Waals surface area contributed by atoms with Crippen LogP contribution in [0.3, 0.4) is 0 Å². The van der Waals surface area contributed by atoms with Crippen molar-refractivity contribution in [1.29, 1.82) is 0 Å². The van der Waals surface area contributed by atoms with Gasteiger partial charge in [-0.05, 0) is 49.9 Å². The van der Waals surface area contributed by atoms with Crippen LogP contribution in [0.5, 0.6) is 0 Å². The maximum absolute atomic E-state index is 6.20. The number of anilines is 1. The van der Waals surface area contributed by atoms with Gasteiger partial charge < -0.3 is 11.6 Å². The molecule has 112 valence electrons. The molecule has 0 aromatic carbocycles. The summed E-state index contributed by atoms with van der Waals surface area (Å²) in [4.78, 5) is 4.80. The van der Waals surface area contributed by atoms with Crippen molar-refractivity contribution in [2.24, 2.45) is 11.3 Å². The van der Waals surface area contributed by atoms with Crippen molar-refractivity contribution in [2.45, 2.75) is 71.1 Å². The van der Waals surface area contributed by atoms with Crippen molar-refractivity contribution < 1.29 is 0 Å². The van der Waals surface area contributed by atoms with Crippen LogP contribution in [0.1, 0.15) is 82.7 Å². The SMILES string of the molecule is CC(C)(C)C1CCC(c2nc(C3CC3)n(N)c2N)CC1. The van der Waals surface area contributed by atoms with Gasteiger partial charge in [-0.2, -0.15) is 0 Å². The Hall–Kier alpha value is -1.19. The van der Waals surface area contributed by atoms with Gasteiger partial charge in [-0.3, -0.25) is 0 Å². The Labute approximate surface area is 121 Å². The van der Waals surface area contributed by atoms with Gasteiger partial charge in [0.05, 0.1) is 5.69 Å². The summed E-state index contributed by atoms with van der Waals surface area (Å²) in [5.74, 6) is 9.68. The van der Waals surface area contributed by atoms with Crippen LogP contribution in [0.15, 0.2) is 0 Å². The zero-order valence-electron chi connectivity index (χ0n) is 13.0. The molecule has 0 aliphatic heterocycles. The molecule has 0 atom stereocenters. The molecule has 1 heterocycles. The second-order valence-electron chi connectivity index (χ2n) is 7.80. The number of nitrogens with two attached hydrogens (primary N) is 2. The number of aromatic nitrogens is 2. The Bertz CT molecular complexity index is 485. The molecule has 0 bridgehead atoms. The number of hydrogen-bond donors (Lipinski definition) is 2. The maximum atomic E-state index is 6.20. The van der Waals surface area contributed by atoms with Crippen LogP contribution in [-0.2, 0) is 0 Å². The number of imidazole rings is 1. The summed E-state index contributed by atoms with van der Waals surface area (Å²) in [5.41, 5.74) is 7.69. The van der Waals surface area contributed by atoms with Crippen LogP contribution < -0.4 is 11.6 Å². The van der Waals surface area contributed by atoms with E-state index in [1.54, 1.807) is 4.68 Å². The fourth-order valence-electron chi connectivity index (χ4n) is 3.64. The molecular formula is C16H28N4. The second kappa shape index (κ2) is 4.68. The average Bonchev–Trinajstić information content (AvgIpc) is 3.18. The number of nitrogens with zero attached hydrogens (tertiary/aromatic N) is 2. The van der Waals surface area contributed by atoms with Crippen molar-refractivity contribution in [3.63, 3.8) is 0 Å². The molecule has 0 amide bonds. The van der Waals surface area contributed by atoms with Crippen LogP contribution in [0, 0.1) is 11.3 Å². The molecule has 2 fully saturated rings. The van der Waals surface area contributed by atoms with E-state index in [1.807, 2.05) is 0 Å². The van der Waals surface area contributed by atoms with Gasteiger partial charge in [0, 0.05) is 11.8 Å². The molecule has 0 saturated heterocycles. The molecule has 2 aliphatic rings. The van der Waals surface area contributed by atoms with Gasteiger partial charge in [0.25, 0.3) is 0 Å². The van der Waals surface area contributed by atoms with Gasteiger partial charge in [0.2, 0.25) is 0 Å². The molecule has 1 aromatic heterocycles. The lowest BCUT2D eigenvalue weighted by Crippen LogP contribution is -2.25. The molecule has 2 aliphatic carbocycles. The van der Waals surface area contributed by atoms with Crippen LogP contribution in [0.25, 0.3) is 0 Å². The van der Waals surface area contributed by atoms with E-state index in [2.05, 4.69) is 20.8 Å². The number of nitrogen functional groups attached to an aromatic ring is 2. The fraction of sp³-hybridized carbons (Fsp3) is 0.812. The third-order valence-corrected chi connectivity index (χ3v) is 5.28. The quantitative estimate of drug-likeness (QED) is 0.814. The molecule has 0 radical (unpaired) electrons. The van der Waals surface area contributed by atoms with Gasteiger partial charge in [-0.15, -0.1) is 0 Å². The monoisotopic (exact) mass is 276 g/mol. The summed E-state index contributed by atoms with van der Waals surface area (Å²) in [7, 11) is 0. The van der Waals surface area contributed by atoms with Gasteiger partial charge in [0.15, 0.2) is 0 Å². The highest BCUT2D eigenvalue weighted by molar-refractivity contribution is 5.42. The first kappa shape index (κ1) is 13.8. The largest absolute Gasteiger partial charge is 0.382 e. The van der Waals surface area contributed by atoms with E-state index in [0.717, 1.165) is 17.4 Å². The summed E-state index contributed by atoms with van der Waals surface area (Å²) >= 11 is 0. The third-order valence-electron chi connectivity index (χ3n) is 5.28. The molecule has 2 saturated carbocycles. The third kappa shape index (κ3) is 2.40. The van der Waals surface area contributed by atoms with Crippen molar-refractivity contribution in [1.82, 2.24) is 9.66 Å². The molecule has 4 heteroatoms. The maximum Gasteiger partial charge on any atom is 0.146 e. The van der Waals surface area contributed by atoms with Gasteiger partial charge in [0.1, 0.15) is 11.6 Å². The van der Waals surface area contributed by atoms with Gasteiger partial charge in [-0.1, -0.05) is 20.8 Å². The lowest BCUT2D eigenvalue weighted by molar-refractivity contribution is 0.168. The van der Waals surface area contributed by atoms with E-state index < -0.39 is 0 Å². The summed E-state index contributed by atoms with van der Waals surface area (Å²) in [5, 5.41) is 0. The summed E-state index contributed by atoms with van der Waals surface area (Å²) in [6.45, 7) is 7.06. The standard InChI is InChI=1S/C16H28N4/c1-16(2,3)12-8-6-10(7-9-12)13-14(17)20(18)15(19-13)11-4-5-11/h10-12H,4-9,17-18H2,1-3H3.